The molecule has 28 heavy (non-hydrogen) atoms. The second-order valence-electron chi connectivity index (χ2n) is 7.15. The molecule has 4 rings (SSSR count). The Morgan fingerprint density at radius 3 is 1.21 bits per heavy atom. The minimum Gasteiger partial charge on any atom is -0.353 e. The maximum Gasteiger partial charge on any atom is 0.168 e. The summed E-state index contributed by atoms with van der Waals surface area (Å²) >= 11 is 0. The van der Waals surface area contributed by atoms with E-state index in [0.29, 0.717) is 0 Å². The average Bonchev–Trinajstić information content (AvgIpc) is 2.74. The zero-order chi connectivity index (χ0) is 19.3. The minimum atomic E-state index is 0.940. The molecule has 0 spiro atoms. The molecule has 0 aromatic carbocycles. The Hall–Kier alpha value is -3.14. The molecule has 2 radical (unpaired) electrons. The van der Waals surface area contributed by atoms with E-state index in [-0.39, 0.29) is 0 Å². The molecule has 4 nitrogen and oxygen atoms in total. The number of allylic oxidation sites excluding steroid dienone is 4. The average molecular weight is 371 g/mol. The van der Waals surface area contributed by atoms with Gasteiger partial charge in [-0.25, -0.2) is 9.13 Å². The number of rotatable bonds is 5. The lowest BCUT2D eigenvalue weighted by atomic mass is 9.98. The molecule has 0 amide bonds. The van der Waals surface area contributed by atoms with Gasteiger partial charge in [0.15, 0.2) is 24.8 Å². The third-order valence-corrected chi connectivity index (χ3v) is 5.02. The van der Waals surface area contributed by atoms with E-state index >= 15 is 0 Å². The van der Waals surface area contributed by atoms with Crippen molar-refractivity contribution in [3.63, 3.8) is 0 Å². The first-order valence-corrected chi connectivity index (χ1v) is 9.57. The molecule has 0 aliphatic carbocycles. The standard InChI is InChI=1S/C24H26N4/c1-25-11-3-21(4-12-25)23-7-15-27(16-8-23)19-20-28-17-9-24(10-18-28)22-5-13-26(2)14-6-22/h3-18H,19-20H2,1-2H3/q+2. The van der Waals surface area contributed by atoms with Crippen LogP contribution in [0, 0.1) is 11.8 Å². The maximum atomic E-state index is 2.23. The van der Waals surface area contributed by atoms with Crippen LogP contribution in [0.5, 0.6) is 0 Å². The van der Waals surface area contributed by atoms with E-state index in [4.69, 9.17) is 0 Å². The van der Waals surface area contributed by atoms with Gasteiger partial charge in [0.2, 0.25) is 0 Å². The SMILES string of the molecule is C[n+]1ccc([C]2C=CN(CCN3C=C[C](c4cc[n+](C)cc4)C=C3)C=C2)cc1. The first-order chi connectivity index (χ1) is 13.7. The van der Waals surface area contributed by atoms with Crippen LogP contribution in [0.4, 0.5) is 0 Å². The van der Waals surface area contributed by atoms with Gasteiger partial charge < -0.3 is 9.80 Å². The molecule has 2 aromatic rings. The normalized spacial score (nSPS) is 16.9. The first-order valence-electron chi connectivity index (χ1n) is 9.57. The second-order valence-corrected chi connectivity index (χ2v) is 7.15. The molecule has 4 heterocycles. The largest absolute Gasteiger partial charge is 0.353 e. The van der Waals surface area contributed by atoms with Crippen LogP contribution in [0.15, 0.2) is 98.2 Å². The zero-order valence-corrected chi connectivity index (χ0v) is 16.4. The highest BCUT2D eigenvalue weighted by Gasteiger charge is 2.14. The lowest BCUT2D eigenvalue weighted by Gasteiger charge is -2.26. The third kappa shape index (κ3) is 4.39. The van der Waals surface area contributed by atoms with Crippen molar-refractivity contribution in [2.24, 2.45) is 14.1 Å². The lowest BCUT2D eigenvalue weighted by molar-refractivity contribution is -0.671. The third-order valence-electron chi connectivity index (χ3n) is 5.02. The number of aromatic nitrogens is 2. The predicted molar refractivity (Wildman–Crippen MR) is 110 cm³/mol. The summed E-state index contributed by atoms with van der Waals surface area (Å²) in [5.74, 6) is 2.48. The van der Waals surface area contributed by atoms with Crippen molar-refractivity contribution < 1.29 is 9.13 Å². The quantitative estimate of drug-likeness (QED) is 0.751. The van der Waals surface area contributed by atoms with Gasteiger partial charge in [0.25, 0.3) is 0 Å². The minimum absolute atomic E-state index is 0.940. The molecule has 140 valence electrons. The first kappa shape index (κ1) is 18.2. The fraction of sp³-hybridized carbons (Fsp3) is 0.167. The lowest BCUT2D eigenvalue weighted by Crippen LogP contribution is -2.27. The van der Waals surface area contributed by atoms with Crippen LogP contribution < -0.4 is 9.13 Å². The van der Waals surface area contributed by atoms with Gasteiger partial charge in [-0.3, -0.25) is 0 Å². The Bertz CT molecular complexity index is 801. The van der Waals surface area contributed by atoms with E-state index in [0.717, 1.165) is 13.1 Å². The van der Waals surface area contributed by atoms with Crippen molar-refractivity contribution in [3.05, 3.63) is 121 Å². The van der Waals surface area contributed by atoms with Crippen LogP contribution in [-0.2, 0) is 14.1 Å². The van der Waals surface area contributed by atoms with Crippen molar-refractivity contribution in [1.29, 1.82) is 0 Å². The summed E-state index contributed by atoms with van der Waals surface area (Å²) in [7, 11) is 4.07. The number of hydrogen-bond donors (Lipinski definition) is 0. The van der Waals surface area contributed by atoms with Crippen molar-refractivity contribution in [2.75, 3.05) is 13.1 Å². The summed E-state index contributed by atoms with van der Waals surface area (Å²) in [6.45, 7) is 1.88. The number of hydrogen-bond acceptors (Lipinski definition) is 2. The van der Waals surface area contributed by atoms with E-state index in [1.807, 2.05) is 23.2 Å². The van der Waals surface area contributed by atoms with Gasteiger partial charge in [-0.05, 0) is 11.1 Å². The van der Waals surface area contributed by atoms with Crippen molar-refractivity contribution in [2.45, 2.75) is 0 Å². The summed E-state index contributed by atoms with van der Waals surface area (Å²) in [6.07, 6.45) is 25.6. The zero-order valence-electron chi connectivity index (χ0n) is 16.4. The van der Waals surface area contributed by atoms with E-state index in [2.05, 4.69) is 108 Å². The Balaban J connectivity index is 1.27. The van der Waals surface area contributed by atoms with Crippen molar-refractivity contribution in [1.82, 2.24) is 9.80 Å². The Labute approximate surface area is 167 Å². The fourth-order valence-electron chi connectivity index (χ4n) is 3.22. The van der Waals surface area contributed by atoms with E-state index in [9.17, 15) is 0 Å². The Kier molecular flexibility index (Phi) is 5.38. The molecule has 0 unspecified atom stereocenters. The highest BCUT2D eigenvalue weighted by molar-refractivity contribution is 5.45. The van der Waals surface area contributed by atoms with Crippen LogP contribution in [0.3, 0.4) is 0 Å². The van der Waals surface area contributed by atoms with Crippen molar-refractivity contribution >= 4 is 0 Å². The molecule has 0 N–H and O–H groups in total. The summed E-state index contributed by atoms with van der Waals surface area (Å²) in [5.41, 5.74) is 2.48. The van der Waals surface area contributed by atoms with Crippen LogP contribution in [0.25, 0.3) is 0 Å². The maximum absolute atomic E-state index is 2.23. The molecule has 0 bridgehead atoms. The van der Waals surface area contributed by atoms with Gasteiger partial charge in [0.05, 0.1) is 11.8 Å². The van der Waals surface area contributed by atoms with Gasteiger partial charge >= 0.3 is 0 Å². The molecule has 2 aliphatic heterocycles. The summed E-state index contributed by atoms with van der Waals surface area (Å²) in [6, 6.07) is 8.57. The topological polar surface area (TPSA) is 14.2 Å². The van der Waals surface area contributed by atoms with Gasteiger partial charge in [0, 0.05) is 62.2 Å². The molecular formula is C24H26N4+2. The van der Waals surface area contributed by atoms with Gasteiger partial charge in [0.1, 0.15) is 14.1 Å². The smallest absolute Gasteiger partial charge is 0.168 e. The van der Waals surface area contributed by atoms with E-state index in [1.54, 1.807) is 0 Å². The molecule has 0 saturated heterocycles. The Morgan fingerprint density at radius 1 is 0.571 bits per heavy atom. The van der Waals surface area contributed by atoms with Gasteiger partial charge in [-0.15, -0.1) is 0 Å². The van der Waals surface area contributed by atoms with Crippen LogP contribution in [0.1, 0.15) is 11.1 Å². The summed E-state index contributed by atoms with van der Waals surface area (Å²) < 4.78 is 4.10. The molecule has 0 atom stereocenters. The highest BCUT2D eigenvalue weighted by Crippen LogP contribution is 2.22. The molecule has 2 aliphatic rings. The van der Waals surface area contributed by atoms with Crippen LogP contribution in [-0.4, -0.2) is 22.9 Å². The highest BCUT2D eigenvalue weighted by atomic mass is 15.2. The molecule has 2 aromatic heterocycles. The summed E-state index contributed by atoms with van der Waals surface area (Å²) in [5, 5.41) is 0. The molecule has 0 fully saturated rings. The van der Waals surface area contributed by atoms with E-state index in [1.165, 1.54) is 23.0 Å². The van der Waals surface area contributed by atoms with Crippen LogP contribution >= 0.6 is 0 Å². The van der Waals surface area contributed by atoms with Gasteiger partial charge in [-0.2, -0.15) is 0 Å². The molecule has 0 saturated carbocycles. The Morgan fingerprint density at radius 2 is 0.893 bits per heavy atom. The fourth-order valence-corrected chi connectivity index (χ4v) is 3.22. The van der Waals surface area contributed by atoms with Crippen LogP contribution in [0.2, 0.25) is 0 Å². The van der Waals surface area contributed by atoms with Gasteiger partial charge in [-0.1, -0.05) is 24.3 Å². The number of nitrogens with zero attached hydrogens (tertiary/aromatic N) is 4. The molecular weight excluding hydrogens is 344 g/mol. The predicted octanol–water partition coefficient (Wildman–Crippen LogP) is 2.57. The molecule has 4 heteroatoms. The monoisotopic (exact) mass is 370 g/mol. The second kappa shape index (κ2) is 8.26. The number of pyridine rings is 2. The van der Waals surface area contributed by atoms with E-state index < -0.39 is 0 Å². The summed E-state index contributed by atoms with van der Waals surface area (Å²) in [4.78, 5) is 4.45. The number of aryl methyl sites for hydroxylation is 2. The van der Waals surface area contributed by atoms with Crippen molar-refractivity contribution in [3.8, 4) is 0 Å².